The molecule has 2 nitrogen and oxygen atoms in total. The molecule has 4 heteroatoms. The summed E-state index contributed by atoms with van der Waals surface area (Å²) in [5, 5.41) is 0.247. The molecular weight excluding hydrogens is 320 g/mol. The summed E-state index contributed by atoms with van der Waals surface area (Å²) < 4.78 is 12.9. The van der Waals surface area contributed by atoms with Crippen molar-refractivity contribution >= 4 is 24.2 Å². The average Bonchev–Trinajstić information content (AvgIpc) is 2.27. The summed E-state index contributed by atoms with van der Waals surface area (Å²) in [6, 6.07) is 6.11. The fraction of sp³-hybridized carbons (Fsp3) is 0.600. The summed E-state index contributed by atoms with van der Waals surface area (Å²) in [6.45, 7) is 14.6. The minimum Gasteiger partial charge on any atom is -0.490 e. The summed E-state index contributed by atoms with van der Waals surface area (Å²) in [7, 11) is -1.66. The van der Waals surface area contributed by atoms with Crippen LogP contribution in [-0.2, 0) is 4.43 Å². The Kier molecular flexibility index (Phi) is 5.65. The van der Waals surface area contributed by atoms with Gasteiger partial charge in [-0.2, -0.15) is 0 Å². The highest BCUT2D eigenvalue weighted by Crippen LogP contribution is 2.36. The molecule has 0 N–H and O–H groups in total. The Hall–Kier alpha value is -0.323. The van der Waals surface area contributed by atoms with Crippen LogP contribution in [-0.4, -0.2) is 21.5 Å². The minimum absolute atomic E-state index is 0.247. The standard InChI is InChI=1S/C15H25BrO2Si/c1-12-7-8-13(16)14(11-12)17-9-10-18-19(5,6)15(2,3)4/h7-8,11H,9-10H2,1-6H3. The molecule has 0 fully saturated rings. The van der Waals surface area contributed by atoms with Crippen LogP contribution in [0.15, 0.2) is 22.7 Å². The van der Waals surface area contributed by atoms with Crippen molar-refractivity contribution in [3.63, 3.8) is 0 Å². The maximum absolute atomic E-state index is 6.08. The second-order valence-corrected chi connectivity index (χ2v) is 12.1. The molecule has 1 aromatic rings. The minimum atomic E-state index is -1.66. The lowest BCUT2D eigenvalue weighted by molar-refractivity contribution is 0.203. The summed E-state index contributed by atoms with van der Waals surface area (Å²) in [6.07, 6.45) is 0. The first-order valence-corrected chi connectivity index (χ1v) is 10.4. The van der Waals surface area contributed by atoms with Crippen molar-refractivity contribution in [2.24, 2.45) is 0 Å². The number of halogens is 1. The Morgan fingerprint density at radius 1 is 1.16 bits per heavy atom. The van der Waals surface area contributed by atoms with Crippen molar-refractivity contribution in [1.82, 2.24) is 0 Å². The second-order valence-electron chi connectivity index (χ2n) is 6.39. The quantitative estimate of drug-likeness (QED) is 0.542. The molecule has 0 atom stereocenters. The van der Waals surface area contributed by atoms with E-state index in [1.54, 1.807) is 0 Å². The predicted molar refractivity (Wildman–Crippen MR) is 87.5 cm³/mol. The van der Waals surface area contributed by atoms with Gasteiger partial charge in [0.05, 0.1) is 11.1 Å². The van der Waals surface area contributed by atoms with Crippen LogP contribution in [0, 0.1) is 6.92 Å². The van der Waals surface area contributed by atoms with Gasteiger partial charge in [-0.15, -0.1) is 0 Å². The van der Waals surface area contributed by atoms with Crippen LogP contribution in [0.3, 0.4) is 0 Å². The molecule has 0 amide bonds. The smallest absolute Gasteiger partial charge is 0.192 e. The first-order chi connectivity index (χ1) is 8.63. The van der Waals surface area contributed by atoms with Gasteiger partial charge in [0.25, 0.3) is 0 Å². The number of rotatable bonds is 5. The van der Waals surface area contributed by atoms with Crippen LogP contribution < -0.4 is 4.74 Å². The molecule has 1 rings (SSSR count). The largest absolute Gasteiger partial charge is 0.490 e. The van der Waals surface area contributed by atoms with E-state index < -0.39 is 8.32 Å². The molecule has 0 radical (unpaired) electrons. The van der Waals surface area contributed by atoms with E-state index in [1.807, 2.05) is 12.1 Å². The van der Waals surface area contributed by atoms with E-state index in [-0.39, 0.29) is 5.04 Å². The van der Waals surface area contributed by atoms with Crippen molar-refractivity contribution in [2.75, 3.05) is 13.2 Å². The molecule has 0 unspecified atom stereocenters. The van der Waals surface area contributed by atoms with Crippen molar-refractivity contribution in [2.45, 2.75) is 45.8 Å². The Labute approximate surface area is 126 Å². The van der Waals surface area contributed by atoms with Gasteiger partial charge in [0.15, 0.2) is 8.32 Å². The van der Waals surface area contributed by atoms with E-state index >= 15 is 0 Å². The van der Waals surface area contributed by atoms with Gasteiger partial charge in [-0.3, -0.25) is 0 Å². The third-order valence-electron chi connectivity index (χ3n) is 3.70. The SMILES string of the molecule is Cc1ccc(Br)c(OCCO[Si](C)(C)C(C)(C)C)c1. The molecule has 108 valence electrons. The molecule has 0 aliphatic heterocycles. The van der Waals surface area contributed by atoms with Crippen LogP contribution in [0.25, 0.3) is 0 Å². The van der Waals surface area contributed by atoms with Crippen molar-refractivity contribution in [3.8, 4) is 5.75 Å². The molecule has 0 aromatic heterocycles. The Morgan fingerprint density at radius 3 is 2.37 bits per heavy atom. The third-order valence-corrected chi connectivity index (χ3v) is 8.89. The lowest BCUT2D eigenvalue weighted by Crippen LogP contribution is -2.41. The van der Waals surface area contributed by atoms with E-state index in [0.29, 0.717) is 13.2 Å². The maximum atomic E-state index is 6.08. The van der Waals surface area contributed by atoms with Gasteiger partial charge in [0.2, 0.25) is 0 Å². The molecule has 0 aliphatic carbocycles. The van der Waals surface area contributed by atoms with E-state index in [1.165, 1.54) is 5.56 Å². The van der Waals surface area contributed by atoms with E-state index in [4.69, 9.17) is 9.16 Å². The summed E-state index contributed by atoms with van der Waals surface area (Å²) in [5.74, 6) is 0.888. The zero-order valence-electron chi connectivity index (χ0n) is 12.8. The zero-order valence-corrected chi connectivity index (χ0v) is 15.4. The molecule has 0 bridgehead atoms. The fourth-order valence-corrected chi connectivity index (χ4v) is 2.77. The highest BCUT2D eigenvalue weighted by Gasteiger charge is 2.36. The third kappa shape index (κ3) is 4.93. The van der Waals surface area contributed by atoms with Crippen LogP contribution >= 0.6 is 15.9 Å². The van der Waals surface area contributed by atoms with Crippen LogP contribution in [0.4, 0.5) is 0 Å². The number of ether oxygens (including phenoxy) is 1. The second kappa shape index (κ2) is 6.42. The molecule has 0 heterocycles. The zero-order chi connectivity index (χ0) is 14.7. The average molecular weight is 345 g/mol. The number of aryl methyl sites for hydroxylation is 1. The van der Waals surface area contributed by atoms with Crippen LogP contribution in [0.1, 0.15) is 26.3 Å². The maximum Gasteiger partial charge on any atom is 0.192 e. The molecule has 0 spiro atoms. The van der Waals surface area contributed by atoms with E-state index in [0.717, 1.165) is 10.2 Å². The Balaban J connectivity index is 2.45. The highest BCUT2D eigenvalue weighted by atomic mass is 79.9. The van der Waals surface area contributed by atoms with Gasteiger partial charge >= 0.3 is 0 Å². The molecule has 1 aromatic carbocycles. The van der Waals surface area contributed by atoms with Gasteiger partial charge in [0.1, 0.15) is 12.4 Å². The molecule has 0 saturated heterocycles. The van der Waals surface area contributed by atoms with Gasteiger partial charge in [0, 0.05) is 0 Å². The van der Waals surface area contributed by atoms with Crippen LogP contribution in [0.2, 0.25) is 18.1 Å². The summed E-state index contributed by atoms with van der Waals surface area (Å²) >= 11 is 3.50. The number of hydrogen-bond acceptors (Lipinski definition) is 2. The highest BCUT2D eigenvalue weighted by molar-refractivity contribution is 9.10. The van der Waals surface area contributed by atoms with Gasteiger partial charge < -0.3 is 9.16 Å². The van der Waals surface area contributed by atoms with Crippen molar-refractivity contribution in [1.29, 1.82) is 0 Å². The number of benzene rings is 1. The van der Waals surface area contributed by atoms with E-state index in [2.05, 4.69) is 62.8 Å². The molecule has 0 saturated carbocycles. The monoisotopic (exact) mass is 344 g/mol. The molecular formula is C15H25BrO2Si. The topological polar surface area (TPSA) is 18.5 Å². The first kappa shape index (κ1) is 16.7. The molecule has 19 heavy (non-hydrogen) atoms. The van der Waals surface area contributed by atoms with Gasteiger partial charge in [-0.25, -0.2) is 0 Å². The van der Waals surface area contributed by atoms with Crippen LogP contribution in [0.5, 0.6) is 5.75 Å². The number of hydrogen-bond donors (Lipinski definition) is 0. The predicted octanol–water partition coefficient (Wildman–Crippen LogP) is 5.16. The first-order valence-electron chi connectivity index (χ1n) is 6.66. The lowest BCUT2D eigenvalue weighted by atomic mass is 10.2. The van der Waals surface area contributed by atoms with Gasteiger partial charge in [-0.05, 0) is 58.7 Å². The fourth-order valence-electron chi connectivity index (χ4n) is 1.39. The van der Waals surface area contributed by atoms with Crippen molar-refractivity contribution in [3.05, 3.63) is 28.2 Å². The van der Waals surface area contributed by atoms with E-state index in [9.17, 15) is 0 Å². The van der Waals surface area contributed by atoms with Crippen molar-refractivity contribution < 1.29 is 9.16 Å². The Bertz CT molecular complexity index is 425. The summed E-state index contributed by atoms with van der Waals surface area (Å²) in [4.78, 5) is 0. The summed E-state index contributed by atoms with van der Waals surface area (Å²) in [5.41, 5.74) is 1.20. The van der Waals surface area contributed by atoms with Gasteiger partial charge in [-0.1, -0.05) is 26.8 Å². The molecule has 0 aliphatic rings. The normalized spacial score (nSPS) is 12.6. The lowest BCUT2D eigenvalue weighted by Gasteiger charge is -2.36. The Morgan fingerprint density at radius 2 is 1.79 bits per heavy atom.